The van der Waals surface area contributed by atoms with Crippen LogP contribution in [0.4, 0.5) is 5.69 Å². The predicted molar refractivity (Wildman–Crippen MR) is 85.1 cm³/mol. The van der Waals surface area contributed by atoms with Gasteiger partial charge in [-0.2, -0.15) is 0 Å². The first-order valence-corrected chi connectivity index (χ1v) is 8.02. The molecule has 20 heavy (non-hydrogen) atoms. The Morgan fingerprint density at radius 3 is 2.50 bits per heavy atom. The smallest absolute Gasteiger partial charge is 0.0664 e. The van der Waals surface area contributed by atoms with Crippen molar-refractivity contribution in [3.8, 4) is 0 Å². The molecule has 0 bridgehead atoms. The van der Waals surface area contributed by atoms with Crippen molar-refractivity contribution in [3.05, 3.63) is 29.8 Å². The van der Waals surface area contributed by atoms with Crippen molar-refractivity contribution >= 4 is 5.69 Å². The van der Waals surface area contributed by atoms with Crippen LogP contribution in [-0.2, 0) is 6.54 Å². The topological polar surface area (TPSA) is 35.5 Å². The van der Waals surface area contributed by atoms with Gasteiger partial charge in [0.15, 0.2) is 0 Å². The maximum atomic E-state index is 9.67. The van der Waals surface area contributed by atoms with Gasteiger partial charge in [0.2, 0.25) is 0 Å². The summed E-state index contributed by atoms with van der Waals surface area (Å²) in [6, 6.07) is 8.85. The highest BCUT2D eigenvalue weighted by molar-refractivity contribution is 5.47. The van der Waals surface area contributed by atoms with Gasteiger partial charge in [0, 0.05) is 31.9 Å². The monoisotopic (exact) mass is 276 g/mol. The molecule has 0 amide bonds. The van der Waals surface area contributed by atoms with Crippen molar-refractivity contribution in [2.24, 2.45) is 0 Å². The Morgan fingerprint density at radius 1 is 1.15 bits per heavy atom. The van der Waals surface area contributed by atoms with Gasteiger partial charge in [-0.3, -0.25) is 0 Å². The maximum Gasteiger partial charge on any atom is 0.0664 e. The number of aliphatic hydroxyl groups is 1. The average Bonchev–Trinajstić information content (AvgIpc) is 2.49. The lowest BCUT2D eigenvalue weighted by molar-refractivity contribution is 0.160. The van der Waals surface area contributed by atoms with Gasteiger partial charge in [-0.1, -0.05) is 25.5 Å². The van der Waals surface area contributed by atoms with Gasteiger partial charge in [0.25, 0.3) is 0 Å². The highest BCUT2D eigenvalue weighted by Crippen LogP contribution is 2.20. The van der Waals surface area contributed by atoms with E-state index >= 15 is 0 Å². The number of nitrogens with zero attached hydrogens (tertiary/aromatic N) is 1. The van der Waals surface area contributed by atoms with Crippen molar-refractivity contribution in [1.82, 2.24) is 5.32 Å². The molecule has 1 fully saturated rings. The first kappa shape index (κ1) is 15.3. The minimum atomic E-state index is -0.215. The van der Waals surface area contributed by atoms with Gasteiger partial charge in [-0.25, -0.2) is 0 Å². The minimum Gasteiger partial charge on any atom is -0.392 e. The Kier molecular flexibility index (Phi) is 6.34. The third kappa shape index (κ3) is 4.80. The van der Waals surface area contributed by atoms with E-state index in [0.29, 0.717) is 6.54 Å². The molecular weight excluding hydrogens is 248 g/mol. The number of aliphatic hydroxyl groups excluding tert-OH is 1. The van der Waals surface area contributed by atoms with Crippen LogP contribution < -0.4 is 10.2 Å². The summed E-state index contributed by atoms with van der Waals surface area (Å²) in [5, 5.41) is 13.0. The summed E-state index contributed by atoms with van der Waals surface area (Å²) in [6.07, 6.45) is 5.71. The number of hydrogen-bond acceptors (Lipinski definition) is 3. The van der Waals surface area contributed by atoms with Crippen molar-refractivity contribution in [2.75, 3.05) is 24.5 Å². The van der Waals surface area contributed by atoms with Gasteiger partial charge >= 0.3 is 0 Å². The number of benzene rings is 1. The molecule has 0 radical (unpaired) electrons. The quantitative estimate of drug-likeness (QED) is 0.804. The molecule has 3 heteroatoms. The number of rotatable bonds is 7. The molecule has 0 saturated carbocycles. The Balaban J connectivity index is 1.76. The summed E-state index contributed by atoms with van der Waals surface area (Å²) in [4.78, 5) is 2.48. The van der Waals surface area contributed by atoms with E-state index in [1.165, 1.54) is 43.6 Å². The van der Waals surface area contributed by atoms with Crippen LogP contribution >= 0.6 is 0 Å². The molecule has 1 saturated heterocycles. The summed E-state index contributed by atoms with van der Waals surface area (Å²) >= 11 is 0. The van der Waals surface area contributed by atoms with Crippen LogP contribution in [0.15, 0.2) is 24.3 Å². The van der Waals surface area contributed by atoms with E-state index in [2.05, 4.69) is 41.4 Å². The molecule has 1 aromatic rings. The second-order valence-corrected chi connectivity index (χ2v) is 5.79. The Bertz CT molecular complexity index is 371. The van der Waals surface area contributed by atoms with Crippen LogP contribution in [0.3, 0.4) is 0 Å². The van der Waals surface area contributed by atoms with E-state index in [4.69, 9.17) is 0 Å². The van der Waals surface area contributed by atoms with E-state index in [1.54, 1.807) is 0 Å². The third-order valence-corrected chi connectivity index (χ3v) is 3.99. The SMILES string of the molecule is CCCC(O)CNCc1ccc(N2CCCCC2)cc1. The van der Waals surface area contributed by atoms with Gasteiger partial charge in [-0.15, -0.1) is 0 Å². The van der Waals surface area contributed by atoms with Crippen LogP contribution in [0.5, 0.6) is 0 Å². The number of anilines is 1. The summed E-state index contributed by atoms with van der Waals surface area (Å²) < 4.78 is 0. The molecular formula is C17H28N2O. The Labute approximate surface area is 123 Å². The van der Waals surface area contributed by atoms with E-state index < -0.39 is 0 Å². The average molecular weight is 276 g/mol. The fourth-order valence-electron chi connectivity index (χ4n) is 2.80. The van der Waals surface area contributed by atoms with Crippen LogP contribution in [0.1, 0.15) is 44.6 Å². The minimum absolute atomic E-state index is 0.215. The largest absolute Gasteiger partial charge is 0.392 e. The molecule has 1 aliphatic heterocycles. The third-order valence-electron chi connectivity index (χ3n) is 3.99. The van der Waals surface area contributed by atoms with E-state index in [-0.39, 0.29) is 6.10 Å². The molecule has 0 spiro atoms. The molecule has 1 aromatic carbocycles. The molecule has 112 valence electrons. The van der Waals surface area contributed by atoms with Crippen molar-refractivity contribution in [1.29, 1.82) is 0 Å². The zero-order valence-electron chi connectivity index (χ0n) is 12.6. The van der Waals surface area contributed by atoms with Crippen LogP contribution in [0.25, 0.3) is 0 Å². The van der Waals surface area contributed by atoms with E-state index in [0.717, 1.165) is 19.4 Å². The molecule has 2 N–H and O–H groups in total. The lowest BCUT2D eigenvalue weighted by Crippen LogP contribution is -2.29. The van der Waals surface area contributed by atoms with E-state index in [1.807, 2.05) is 0 Å². The van der Waals surface area contributed by atoms with E-state index in [9.17, 15) is 5.11 Å². The number of piperidine rings is 1. The van der Waals surface area contributed by atoms with Crippen molar-refractivity contribution < 1.29 is 5.11 Å². The first-order valence-electron chi connectivity index (χ1n) is 8.02. The zero-order chi connectivity index (χ0) is 14.2. The lowest BCUT2D eigenvalue weighted by Gasteiger charge is -2.28. The summed E-state index contributed by atoms with van der Waals surface area (Å²) in [7, 11) is 0. The van der Waals surface area contributed by atoms with Crippen molar-refractivity contribution in [2.45, 2.75) is 51.7 Å². The Hall–Kier alpha value is -1.06. The van der Waals surface area contributed by atoms with Gasteiger partial charge in [0.1, 0.15) is 0 Å². The van der Waals surface area contributed by atoms with Crippen LogP contribution in [0, 0.1) is 0 Å². The number of nitrogens with one attached hydrogen (secondary N) is 1. The van der Waals surface area contributed by atoms with Crippen molar-refractivity contribution in [3.63, 3.8) is 0 Å². The molecule has 1 aliphatic rings. The van der Waals surface area contributed by atoms with Gasteiger partial charge < -0.3 is 15.3 Å². The Morgan fingerprint density at radius 2 is 1.85 bits per heavy atom. The molecule has 3 nitrogen and oxygen atoms in total. The second-order valence-electron chi connectivity index (χ2n) is 5.79. The molecule has 1 unspecified atom stereocenters. The molecule has 2 rings (SSSR count). The summed E-state index contributed by atoms with van der Waals surface area (Å²) in [6.45, 7) is 6.01. The molecule has 1 atom stereocenters. The standard InChI is InChI=1S/C17H28N2O/c1-2-6-17(20)14-18-13-15-7-9-16(10-8-15)19-11-4-3-5-12-19/h7-10,17-18,20H,2-6,11-14H2,1H3. The molecule has 0 aromatic heterocycles. The fraction of sp³-hybridized carbons (Fsp3) is 0.647. The fourth-order valence-corrected chi connectivity index (χ4v) is 2.80. The predicted octanol–water partition coefficient (Wildman–Crippen LogP) is 2.93. The highest BCUT2D eigenvalue weighted by atomic mass is 16.3. The zero-order valence-corrected chi connectivity index (χ0v) is 12.6. The normalized spacial score (nSPS) is 17.2. The maximum absolute atomic E-state index is 9.67. The molecule has 0 aliphatic carbocycles. The van der Waals surface area contributed by atoms with Crippen LogP contribution in [-0.4, -0.2) is 30.8 Å². The van der Waals surface area contributed by atoms with Gasteiger partial charge in [0.05, 0.1) is 6.10 Å². The van der Waals surface area contributed by atoms with Crippen LogP contribution in [0.2, 0.25) is 0 Å². The number of hydrogen-bond donors (Lipinski definition) is 2. The summed E-state index contributed by atoms with van der Waals surface area (Å²) in [5.41, 5.74) is 2.63. The summed E-state index contributed by atoms with van der Waals surface area (Å²) in [5.74, 6) is 0. The first-order chi connectivity index (χ1) is 9.79. The lowest BCUT2D eigenvalue weighted by atomic mass is 10.1. The van der Waals surface area contributed by atoms with Gasteiger partial charge in [-0.05, 0) is 43.4 Å². The molecule has 1 heterocycles. The second kappa shape index (κ2) is 8.28. The highest BCUT2D eigenvalue weighted by Gasteiger charge is 2.10.